The number of likely N-dealkylation sites (N-methyl/N-ethyl adjacent to an activating group) is 1. The minimum atomic E-state index is -0.912. The Morgan fingerprint density at radius 3 is 1.80 bits per heavy atom. The Morgan fingerprint density at radius 2 is 1.52 bits per heavy atom. The molecule has 2 rings (SSSR count). The number of hydrogen-bond acceptors (Lipinski definition) is 5. The average molecular weight is 349 g/mol. The second-order valence-electron chi connectivity index (χ2n) is 9.00. The standard InChI is InChI=1S/C20H31NO4/c1-18(2,3)14-11-13(24-8)12-15(19(4,5)6)16(14)25-17(22)20(9-10-20)21(7)23/h11-12,23H,9-10H2,1-8H3. The third-order valence-corrected chi connectivity index (χ3v) is 4.83. The van der Waals surface area contributed by atoms with E-state index < -0.39 is 11.5 Å². The maximum absolute atomic E-state index is 12.8. The van der Waals surface area contributed by atoms with Gasteiger partial charge in [0.1, 0.15) is 17.0 Å². The normalized spacial score (nSPS) is 16.7. The lowest BCUT2D eigenvalue weighted by atomic mass is 9.79. The van der Waals surface area contributed by atoms with Crippen LogP contribution in [0, 0.1) is 0 Å². The predicted molar refractivity (Wildman–Crippen MR) is 97.5 cm³/mol. The van der Waals surface area contributed by atoms with E-state index >= 15 is 0 Å². The summed E-state index contributed by atoms with van der Waals surface area (Å²) >= 11 is 0. The van der Waals surface area contributed by atoms with Crippen molar-refractivity contribution in [2.24, 2.45) is 0 Å². The molecular weight excluding hydrogens is 318 g/mol. The molecule has 0 saturated heterocycles. The topological polar surface area (TPSA) is 59.0 Å². The fourth-order valence-corrected chi connectivity index (χ4v) is 2.91. The molecule has 1 aliphatic carbocycles. The van der Waals surface area contributed by atoms with Gasteiger partial charge in [-0.15, -0.1) is 0 Å². The summed E-state index contributed by atoms with van der Waals surface area (Å²) in [5, 5.41) is 10.8. The number of ether oxygens (including phenoxy) is 2. The van der Waals surface area contributed by atoms with E-state index in [1.807, 2.05) is 12.1 Å². The SMILES string of the molecule is COc1cc(C(C)(C)C)c(OC(=O)C2(N(C)O)CC2)c(C(C)(C)C)c1. The lowest BCUT2D eigenvalue weighted by Gasteiger charge is -2.31. The molecule has 25 heavy (non-hydrogen) atoms. The largest absolute Gasteiger partial charge is 0.497 e. The number of hydroxylamine groups is 2. The highest BCUT2D eigenvalue weighted by Crippen LogP contribution is 2.46. The monoisotopic (exact) mass is 349 g/mol. The van der Waals surface area contributed by atoms with Gasteiger partial charge in [-0.05, 0) is 35.8 Å². The fourth-order valence-electron chi connectivity index (χ4n) is 2.91. The molecule has 0 aliphatic heterocycles. The second-order valence-corrected chi connectivity index (χ2v) is 9.00. The lowest BCUT2D eigenvalue weighted by molar-refractivity contribution is -0.165. The van der Waals surface area contributed by atoms with Crippen molar-refractivity contribution in [2.75, 3.05) is 14.2 Å². The molecule has 1 aromatic carbocycles. The Balaban J connectivity index is 2.59. The van der Waals surface area contributed by atoms with Gasteiger partial charge in [-0.2, -0.15) is 5.06 Å². The third-order valence-electron chi connectivity index (χ3n) is 4.83. The minimum absolute atomic E-state index is 0.230. The lowest BCUT2D eigenvalue weighted by Crippen LogP contribution is -2.42. The van der Waals surface area contributed by atoms with E-state index in [0.717, 1.165) is 21.9 Å². The fraction of sp³-hybridized carbons (Fsp3) is 0.650. The van der Waals surface area contributed by atoms with Gasteiger partial charge in [-0.1, -0.05) is 41.5 Å². The molecule has 5 heteroatoms. The molecule has 0 aromatic heterocycles. The van der Waals surface area contributed by atoms with Gasteiger partial charge in [0.15, 0.2) is 0 Å². The number of nitrogens with zero attached hydrogens (tertiary/aromatic N) is 1. The molecule has 0 heterocycles. The highest BCUT2D eigenvalue weighted by atomic mass is 16.6. The van der Waals surface area contributed by atoms with Gasteiger partial charge in [-0.3, -0.25) is 0 Å². The molecule has 140 valence electrons. The smallest absolute Gasteiger partial charge is 0.334 e. The first-order chi connectivity index (χ1) is 11.3. The van der Waals surface area contributed by atoms with Crippen molar-refractivity contribution in [1.82, 2.24) is 5.06 Å². The molecule has 5 nitrogen and oxygen atoms in total. The predicted octanol–water partition coefficient (Wildman–Crippen LogP) is 4.05. The van der Waals surface area contributed by atoms with Gasteiger partial charge >= 0.3 is 5.97 Å². The third kappa shape index (κ3) is 3.82. The summed E-state index contributed by atoms with van der Waals surface area (Å²) in [6, 6.07) is 3.86. The van der Waals surface area contributed by atoms with Crippen molar-refractivity contribution in [2.45, 2.75) is 70.8 Å². The molecule has 0 atom stereocenters. The summed E-state index contributed by atoms with van der Waals surface area (Å²) in [5.41, 5.74) is 0.463. The van der Waals surface area contributed by atoms with Gasteiger partial charge in [-0.25, -0.2) is 4.79 Å². The summed E-state index contributed by atoms with van der Waals surface area (Å²) in [4.78, 5) is 12.8. The van der Waals surface area contributed by atoms with E-state index in [1.54, 1.807) is 7.11 Å². The first kappa shape index (κ1) is 19.7. The molecule has 1 aliphatic rings. The van der Waals surface area contributed by atoms with Crippen molar-refractivity contribution >= 4 is 5.97 Å². The highest BCUT2D eigenvalue weighted by Gasteiger charge is 2.55. The molecule has 1 fully saturated rings. The van der Waals surface area contributed by atoms with Crippen LogP contribution >= 0.6 is 0 Å². The summed E-state index contributed by atoms with van der Waals surface area (Å²) < 4.78 is 11.4. The van der Waals surface area contributed by atoms with Crippen molar-refractivity contribution < 1.29 is 19.5 Å². The Hall–Kier alpha value is -1.59. The summed E-state index contributed by atoms with van der Waals surface area (Å²) in [6.07, 6.45) is 1.20. The number of esters is 1. The number of hydrogen-bond donors (Lipinski definition) is 1. The maximum Gasteiger partial charge on any atom is 0.334 e. The molecule has 0 amide bonds. The molecule has 0 bridgehead atoms. The quantitative estimate of drug-likeness (QED) is 0.505. The van der Waals surface area contributed by atoms with Crippen molar-refractivity contribution in [3.63, 3.8) is 0 Å². The number of rotatable bonds is 4. The number of carbonyl (C=O) groups excluding carboxylic acids is 1. The minimum Gasteiger partial charge on any atom is -0.497 e. The maximum atomic E-state index is 12.8. The van der Waals surface area contributed by atoms with Gasteiger partial charge in [0.2, 0.25) is 0 Å². The van der Waals surface area contributed by atoms with Gasteiger partial charge in [0, 0.05) is 18.2 Å². The van der Waals surface area contributed by atoms with E-state index in [0.29, 0.717) is 18.6 Å². The molecule has 1 N–H and O–H groups in total. The van der Waals surface area contributed by atoms with Crippen LogP contribution in [0.25, 0.3) is 0 Å². The van der Waals surface area contributed by atoms with Gasteiger partial charge in [0.05, 0.1) is 7.11 Å². The molecule has 0 radical (unpaired) electrons. The molecule has 1 saturated carbocycles. The van der Waals surface area contributed by atoms with E-state index in [2.05, 4.69) is 41.5 Å². The van der Waals surface area contributed by atoms with Crippen molar-refractivity contribution in [3.8, 4) is 11.5 Å². The second kappa shape index (κ2) is 6.29. The van der Waals surface area contributed by atoms with Crippen LogP contribution in [0.1, 0.15) is 65.5 Å². The van der Waals surface area contributed by atoms with Crippen LogP contribution in [-0.4, -0.2) is 35.9 Å². The van der Waals surface area contributed by atoms with Crippen LogP contribution < -0.4 is 9.47 Å². The van der Waals surface area contributed by atoms with Crippen LogP contribution in [0.4, 0.5) is 0 Å². The molecule has 0 spiro atoms. The summed E-state index contributed by atoms with van der Waals surface area (Å²) in [6.45, 7) is 12.5. The Morgan fingerprint density at radius 1 is 1.08 bits per heavy atom. The Labute approximate surface area is 150 Å². The van der Waals surface area contributed by atoms with Crippen LogP contribution in [0.2, 0.25) is 0 Å². The Kier molecular flexibility index (Phi) is 4.96. The number of benzene rings is 1. The van der Waals surface area contributed by atoms with E-state index in [-0.39, 0.29) is 10.8 Å². The van der Waals surface area contributed by atoms with Crippen LogP contribution in [0.3, 0.4) is 0 Å². The van der Waals surface area contributed by atoms with Crippen LogP contribution in [-0.2, 0) is 15.6 Å². The summed E-state index contributed by atoms with van der Waals surface area (Å²) in [5.74, 6) is 0.924. The number of methoxy groups -OCH3 is 1. The van der Waals surface area contributed by atoms with Gasteiger partial charge < -0.3 is 14.7 Å². The Bertz CT molecular complexity index is 626. The summed E-state index contributed by atoms with van der Waals surface area (Å²) in [7, 11) is 3.14. The van der Waals surface area contributed by atoms with E-state index in [9.17, 15) is 10.0 Å². The van der Waals surface area contributed by atoms with Crippen LogP contribution in [0.5, 0.6) is 11.5 Å². The zero-order chi connectivity index (χ0) is 19.2. The van der Waals surface area contributed by atoms with Gasteiger partial charge in [0.25, 0.3) is 0 Å². The van der Waals surface area contributed by atoms with E-state index in [1.165, 1.54) is 7.05 Å². The molecular formula is C20H31NO4. The average Bonchev–Trinajstić information content (AvgIpc) is 3.26. The number of carbonyl (C=O) groups is 1. The van der Waals surface area contributed by atoms with E-state index in [4.69, 9.17) is 9.47 Å². The zero-order valence-electron chi connectivity index (χ0n) is 16.7. The molecule has 1 aromatic rings. The van der Waals surface area contributed by atoms with Crippen molar-refractivity contribution in [3.05, 3.63) is 23.3 Å². The first-order valence-corrected chi connectivity index (χ1v) is 8.71. The highest BCUT2D eigenvalue weighted by molar-refractivity contribution is 5.86. The van der Waals surface area contributed by atoms with Crippen molar-refractivity contribution in [1.29, 1.82) is 0 Å². The first-order valence-electron chi connectivity index (χ1n) is 8.71. The zero-order valence-corrected chi connectivity index (χ0v) is 16.7. The molecule has 0 unspecified atom stereocenters. The van der Waals surface area contributed by atoms with Crippen LogP contribution in [0.15, 0.2) is 12.1 Å².